The quantitative estimate of drug-likeness (QED) is 0.788. The van der Waals surface area contributed by atoms with Gasteiger partial charge in [-0.25, -0.2) is 0 Å². The average Bonchev–Trinajstić information content (AvgIpc) is 2.14. The molecule has 2 N–H and O–H groups in total. The van der Waals surface area contributed by atoms with E-state index in [1.165, 1.54) is 0 Å². The molecule has 0 amide bonds. The lowest BCUT2D eigenvalue weighted by atomic mass is 10.1. The second-order valence-corrected chi connectivity index (χ2v) is 3.91. The highest BCUT2D eigenvalue weighted by Crippen LogP contribution is 2.12. The van der Waals surface area contributed by atoms with E-state index in [1.54, 1.807) is 24.3 Å². The van der Waals surface area contributed by atoms with Crippen LogP contribution in [0.1, 0.15) is 19.4 Å². The standard InChI is InChI=1S/C11H14N2O/c1-11(2,13)8-14-10-5-3-9(7-12)4-6-10/h3-6H,8,13H2,1-2H3. The third-order valence-corrected chi connectivity index (χ3v) is 1.59. The van der Waals surface area contributed by atoms with E-state index in [2.05, 4.69) is 0 Å². The highest BCUT2D eigenvalue weighted by molar-refractivity contribution is 5.34. The number of rotatable bonds is 3. The van der Waals surface area contributed by atoms with Gasteiger partial charge in [-0.15, -0.1) is 0 Å². The summed E-state index contributed by atoms with van der Waals surface area (Å²) in [6.45, 7) is 4.26. The van der Waals surface area contributed by atoms with Gasteiger partial charge in [0.25, 0.3) is 0 Å². The Labute approximate surface area is 84.1 Å². The number of hydrogen-bond acceptors (Lipinski definition) is 3. The summed E-state index contributed by atoms with van der Waals surface area (Å²) in [5, 5.41) is 8.58. The normalized spacial score (nSPS) is 10.7. The zero-order valence-electron chi connectivity index (χ0n) is 8.45. The van der Waals surface area contributed by atoms with Gasteiger partial charge in [0, 0.05) is 5.54 Å². The summed E-state index contributed by atoms with van der Waals surface area (Å²) in [6.07, 6.45) is 0. The van der Waals surface area contributed by atoms with Crippen LogP contribution in [-0.4, -0.2) is 12.1 Å². The summed E-state index contributed by atoms with van der Waals surface area (Å²) >= 11 is 0. The van der Waals surface area contributed by atoms with Crippen LogP contribution in [0, 0.1) is 11.3 Å². The van der Waals surface area contributed by atoms with Crippen LogP contribution in [0.3, 0.4) is 0 Å². The Hall–Kier alpha value is -1.53. The summed E-state index contributed by atoms with van der Waals surface area (Å²) in [5.74, 6) is 0.738. The van der Waals surface area contributed by atoms with Crippen LogP contribution in [0.25, 0.3) is 0 Å². The van der Waals surface area contributed by atoms with Crippen molar-refractivity contribution in [1.29, 1.82) is 5.26 Å². The first-order valence-electron chi connectivity index (χ1n) is 4.43. The minimum atomic E-state index is -0.339. The molecule has 0 saturated heterocycles. The Morgan fingerprint density at radius 3 is 2.36 bits per heavy atom. The van der Waals surface area contributed by atoms with Gasteiger partial charge in [0.05, 0.1) is 11.6 Å². The van der Waals surface area contributed by atoms with Gasteiger partial charge in [0.1, 0.15) is 12.4 Å². The number of benzene rings is 1. The van der Waals surface area contributed by atoms with Gasteiger partial charge < -0.3 is 10.5 Å². The van der Waals surface area contributed by atoms with Crippen molar-refractivity contribution in [3.05, 3.63) is 29.8 Å². The Bertz CT molecular complexity index is 330. The van der Waals surface area contributed by atoms with Crippen molar-refractivity contribution in [2.75, 3.05) is 6.61 Å². The predicted octanol–water partition coefficient (Wildman–Crippen LogP) is 1.67. The molecule has 0 unspecified atom stereocenters. The van der Waals surface area contributed by atoms with Crippen molar-refractivity contribution < 1.29 is 4.74 Å². The van der Waals surface area contributed by atoms with E-state index in [0.717, 1.165) is 5.75 Å². The van der Waals surface area contributed by atoms with Gasteiger partial charge >= 0.3 is 0 Å². The van der Waals surface area contributed by atoms with Crippen LogP contribution in [-0.2, 0) is 0 Å². The molecule has 14 heavy (non-hydrogen) atoms. The maximum absolute atomic E-state index is 8.58. The van der Waals surface area contributed by atoms with Crippen molar-refractivity contribution in [3.63, 3.8) is 0 Å². The lowest BCUT2D eigenvalue weighted by molar-refractivity contribution is 0.243. The molecule has 74 valence electrons. The van der Waals surface area contributed by atoms with E-state index in [-0.39, 0.29) is 5.54 Å². The summed E-state index contributed by atoms with van der Waals surface area (Å²) in [5.41, 5.74) is 6.05. The molecule has 1 aromatic rings. The maximum Gasteiger partial charge on any atom is 0.119 e. The summed E-state index contributed by atoms with van der Waals surface area (Å²) in [6, 6.07) is 9.02. The fraction of sp³-hybridized carbons (Fsp3) is 0.364. The van der Waals surface area contributed by atoms with E-state index in [0.29, 0.717) is 12.2 Å². The van der Waals surface area contributed by atoms with Gasteiger partial charge in [-0.05, 0) is 38.1 Å². The van der Waals surface area contributed by atoms with Crippen LogP contribution in [0.5, 0.6) is 5.75 Å². The Morgan fingerprint density at radius 1 is 1.36 bits per heavy atom. The Balaban J connectivity index is 2.58. The highest BCUT2D eigenvalue weighted by Gasteiger charge is 2.10. The molecule has 0 aromatic heterocycles. The maximum atomic E-state index is 8.58. The fourth-order valence-electron chi connectivity index (χ4n) is 0.895. The Morgan fingerprint density at radius 2 is 1.93 bits per heavy atom. The van der Waals surface area contributed by atoms with E-state index in [4.69, 9.17) is 15.7 Å². The molecule has 1 rings (SSSR count). The smallest absolute Gasteiger partial charge is 0.119 e. The number of ether oxygens (including phenoxy) is 1. The Kier molecular flexibility index (Phi) is 3.10. The third kappa shape index (κ3) is 3.46. The van der Waals surface area contributed by atoms with Gasteiger partial charge in [-0.3, -0.25) is 0 Å². The molecule has 0 bridgehead atoms. The summed E-state index contributed by atoms with van der Waals surface area (Å²) < 4.78 is 5.44. The molecule has 0 fully saturated rings. The van der Waals surface area contributed by atoms with E-state index in [1.807, 2.05) is 19.9 Å². The molecule has 3 nitrogen and oxygen atoms in total. The first kappa shape index (κ1) is 10.6. The van der Waals surface area contributed by atoms with Crippen molar-refractivity contribution in [2.45, 2.75) is 19.4 Å². The third-order valence-electron chi connectivity index (χ3n) is 1.59. The molecular weight excluding hydrogens is 176 g/mol. The highest BCUT2D eigenvalue weighted by atomic mass is 16.5. The van der Waals surface area contributed by atoms with Gasteiger partial charge in [0.2, 0.25) is 0 Å². The second kappa shape index (κ2) is 4.12. The van der Waals surface area contributed by atoms with Gasteiger partial charge in [0.15, 0.2) is 0 Å². The number of hydrogen-bond donors (Lipinski definition) is 1. The molecular formula is C11H14N2O. The zero-order valence-corrected chi connectivity index (χ0v) is 8.45. The van der Waals surface area contributed by atoms with E-state index >= 15 is 0 Å². The molecule has 0 radical (unpaired) electrons. The molecule has 0 saturated carbocycles. The van der Waals surface area contributed by atoms with Crippen molar-refractivity contribution >= 4 is 0 Å². The van der Waals surface area contributed by atoms with E-state index < -0.39 is 0 Å². The molecule has 1 aromatic carbocycles. The molecule has 0 atom stereocenters. The number of nitrogens with zero attached hydrogens (tertiary/aromatic N) is 1. The summed E-state index contributed by atoms with van der Waals surface area (Å²) in [7, 11) is 0. The minimum Gasteiger partial charge on any atom is -0.492 e. The zero-order chi connectivity index (χ0) is 10.6. The van der Waals surface area contributed by atoms with Crippen LogP contribution in [0.4, 0.5) is 0 Å². The topological polar surface area (TPSA) is 59.0 Å². The van der Waals surface area contributed by atoms with Gasteiger partial charge in [-0.1, -0.05) is 0 Å². The summed E-state index contributed by atoms with van der Waals surface area (Å²) in [4.78, 5) is 0. The molecule has 3 heteroatoms. The van der Waals surface area contributed by atoms with Crippen LogP contribution >= 0.6 is 0 Å². The van der Waals surface area contributed by atoms with Crippen LogP contribution in [0.2, 0.25) is 0 Å². The average molecular weight is 190 g/mol. The first-order chi connectivity index (χ1) is 6.51. The predicted molar refractivity (Wildman–Crippen MR) is 54.9 cm³/mol. The molecule has 0 aliphatic rings. The number of nitriles is 1. The fourth-order valence-corrected chi connectivity index (χ4v) is 0.895. The molecule has 0 aliphatic carbocycles. The van der Waals surface area contributed by atoms with Crippen molar-refractivity contribution in [2.24, 2.45) is 5.73 Å². The van der Waals surface area contributed by atoms with Gasteiger partial charge in [-0.2, -0.15) is 5.26 Å². The SMILES string of the molecule is CC(C)(N)COc1ccc(C#N)cc1. The molecule has 0 aliphatic heterocycles. The first-order valence-corrected chi connectivity index (χ1v) is 4.43. The van der Waals surface area contributed by atoms with Crippen LogP contribution < -0.4 is 10.5 Å². The van der Waals surface area contributed by atoms with Crippen molar-refractivity contribution in [1.82, 2.24) is 0 Å². The van der Waals surface area contributed by atoms with Crippen molar-refractivity contribution in [3.8, 4) is 11.8 Å². The monoisotopic (exact) mass is 190 g/mol. The largest absolute Gasteiger partial charge is 0.492 e. The minimum absolute atomic E-state index is 0.339. The van der Waals surface area contributed by atoms with E-state index in [9.17, 15) is 0 Å². The lowest BCUT2D eigenvalue weighted by Crippen LogP contribution is -2.38. The lowest BCUT2D eigenvalue weighted by Gasteiger charge is -2.18. The number of nitrogens with two attached hydrogens (primary N) is 1. The van der Waals surface area contributed by atoms with Crippen LogP contribution in [0.15, 0.2) is 24.3 Å². The molecule has 0 heterocycles. The molecule has 0 spiro atoms. The second-order valence-electron chi connectivity index (χ2n) is 3.91.